The largest absolute Gasteiger partial charge is 0.455 e. The average molecular weight is 453 g/mol. The second-order valence-electron chi connectivity index (χ2n) is 8.48. The molecule has 0 atom stereocenters. The number of benzene rings is 1. The first-order valence-corrected chi connectivity index (χ1v) is 11.3. The summed E-state index contributed by atoms with van der Waals surface area (Å²) in [4.78, 5) is 28.3. The van der Waals surface area contributed by atoms with E-state index in [1.807, 2.05) is 35.9 Å². The van der Waals surface area contributed by atoms with Crippen LogP contribution in [-0.2, 0) is 24.2 Å². The Bertz CT molecular complexity index is 1190. The van der Waals surface area contributed by atoms with E-state index < -0.39 is 0 Å². The molecule has 1 fully saturated rings. The van der Waals surface area contributed by atoms with Gasteiger partial charge in [-0.25, -0.2) is 0 Å². The van der Waals surface area contributed by atoms with Gasteiger partial charge in [0, 0.05) is 61.9 Å². The van der Waals surface area contributed by atoms with E-state index in [1.165, 1.54) is 5.56 Å². The summed E-state index contributed by atoms with van der Waals surface area (Å²) in [6.45, 7) is 6.30. The van der Waals surface area contributed by atoms with Gasteiger partial charge in [0.05, 0.1) is 12.2 Å². The van der Waals surface area contributed by atoms with Gasteiger partial charge in [-0.05, 0) is 36.6 Å². The maximum absolute atomic E-state index is 13.2. The molecule has 0 radical (unpaired) electrons. The fourth-order valence-electron chi connectivity index (χ4n) is 4.59. The summed E-state index contributed by atoms with van der Waals surface area (Å²) in [5, 5.41) is 5.55. The van der Waals surface area contributed by atoms with Crippen LogP contribution in [0.3, 0.4) is 0 Å². The molecule has 0 saturated carbocycles. The number of furan rings is 1. The summed E-state index contributed by atoms with van der Waals surface area (Å²) in [7, 11) is 0. The van der Waals surface area contributed by atoms with Crippen molar-refractivity contribution in [2.24, 2.45) is 0 Å². The van der Waals surface area contributed by atoms with Gasteiger partial charge < -0.3 is 14.2 Å². The zero-order valence-corrected chi connectivity index (χ0v) is 19.0. The lowest BCUT2D eigenvalue weighted by atomic mass is 9.93. The van der Waals surface area contributed by atoms with E-state index in [1.54, 1.807) is 16.7 Å². The highest BCUT2D eigenvalue weighted by Crippen LogP contribution is 2.38. The summed E-state index contributed by atoms with van der Waals surface area (Å²) in [6.07, 6.45) is 3.67. The second kappa shape index (κ2) is 8.13. The number of rotatable bonds is 3. The summed E-state index contributed by atoms with van der Waals surface area (Å²) in [6, 6.07) is 7.76. The molecular weight excluding hydrogens is 428 g/mol. The van der Waals surface area contributed by atoms with Gasteiger partial charge in [0.1, 0.15) is 5.76 Å². The Hall–Kier alpha value is -3.06. The number of carbonyl (C=O) groups excluding carboxylic acids is 2. The molecule has 8 heteroatoms. The first-order valence-electron chi connectivity index (χ1n) is 10.9. The van der Waals surface area contributed by atoms with Crippen molar-refractivity contribution < 1.29 is 14.0 Å². The molecule has 5 rings (SSSR count). The minimum atomic E-state index is -0.109. The van der Waals surface area contributed by atoms with Gasteiger partial charge in [-0.1, -0.05) is 23.7 Å². The summed E-state index contributed by atoms with van der Waals surface area (Å²) in [5.41, 5.74) is 4.99. The first-order chi connectivity index (χ1) is 15.4. The van der Waals surface area contributed by atoms with Crippen LogP contribution in [0, 0.1) is 6.92 Å². The van der Waals surface area contributed by atoms with Crippen molar-refractivity contribution in [3.05, 3.63) is 63.7 Å². The molecule has 7 nitrogen and oxygen atoms in total. The van der Waals surface area contributed by atoms with Gasteiger partial charge in [0.15, 0.2) is 5.76 Å². The number of aryl methyl sites for hydroxylation is 2. The number of aromatic nitrogens is 2. The van der Waals surface area contributed by atoms with Gasteiger partial charge in [-0.15, -0.1) is 0 Å². The van der Waals surface area contributed by atoms with Gasteiger partial charge in [0.2, 0.25) is 5.91 Å². The van der Waals surface area contributed by atoms with Crippen molar-refractivity contribution in [2.45, 2.75) is 33.2 Å². The predicted molar refractivity (Wildman–Crippen MR) is 121 cm³/mol. The van der Waals surface area contributed by atoms with Gasteiger partial charge in [0.25, 0.3) is 5.91 Å². The van der Waals surface area contributed by atoms with Crippen molar-refractivity contribution in [3.63, 3.8) is 0 Å². The number of hydrogen-bond donors (Lipinski definition) is 0. The highest BCUT2D eigenvalue weighted by molar-refractivity contribution is 6.30. The molecule has 2 aromatic heterocycles. The van der Waals surface area contributed by atoms with E-state index in [0.717, 1.165) is 41.0 Å². The third kappa shape index (κ3) is 3.71. The van der Waals surface area contributed by atoms with Crippen molar-refractivity contribution in [1.82, 2.24) is 19.6 Å². The van der Waals surface area contributed by atoms with Crippen LogP contribution in [-0.4, -0.2) is 57.6 Å². The summed E-state index contributed by atoms with van der Waals surface area (Å²) >= 11 is 5.99. The molecule has 1 saturated heterocycles. The molecule has 0 spiro atoms. The highest BCUT2D eigenvalue weighted by atomic mass is 35.5. The Morgan fingerprint density at radius 2 is 1.75 bits per heavy atom. The minimum absolute atomic E-state index is 0.0449. The highest BCUT2D eigenvalue weighted by Gasteiger charge is 2.32. The average Bonchev–Trinajstić information content (AvgIpc) is 3.35. The number of carbonyl (C=O) groups is 2. The zero-order valence-electron chi connectivity index (χ0n) is 18.2. The zero-order chi connectivity index (χ0) is 22.4. The number of fused-ring (bicyclic) bond motifs is 3. The van der Waals surface area contributed by atoms with E-state index in [-0.39, 0.29) is 11.8 Å². The predicted octanol–water partition coefficient (Wildman–Crippen LogP) is 3.56. The number of nitrogens with zero attached hydrogens (tertiary/aromatic N) is 4. The van der Waals surface area contributed by atoms with Crippen molar-refractivity contribution in [2.75, 3.05) is 26.2 Å². The number of halogens is 1. The van der Waals surface area contributed by atoms with Crippen molar-refractivity contribution >= 4 is 23.4 Å². The minimum Gasteiger partial charge on any atom is -0.455 e. The molecule has 1 aliphatic heterocycles. The first kappa shape index (κ1) is 20.8. The maximum atomic E-state index is 13.2. The molecular formula is C24H25ClN4O3. The van der Waals surface area contributed by atoms with Crippen LogP contribution in [0.2, 0.25) is 5.02 Å². The lowest BCUT2D eigenvalue weighted by Gasteiger charge is -2.33. The fourth-order valence-corrected chi connectivity index (χ4v) is 4.72. The summed E-state index contributed by atoms with van der Waals surface area (Å²) in [5.74, 6) is 1.16. The van der Waals surface area contributed by atoms with Gasteiger partial charge in [-0.2, -0.15) is 5.10 Å². The molecule has 1 aromatic carbocycles. The lowest BCUT2D eigenvalue weighted by molar-refractivity contribution is -0.130. The Balaban J connectivity index is 1.39. The number of hydrogen-bond acceptors (Lipinski definition) is 4. The van der Waals surface area contributed by atoms with Crippen LogP contribution < -0.4 is 0 Å². The summed E-state index contributed by atoms with van der Waals surface area (Å²) < 4.78 is 8.03. The molecule has 2 amide bonds. The monoisotopic (exact) mass is 452 g/mol. The van der Waals surface area contributed by atoms with E-state index in [9.17, 15) is 9.59 Å². The Morgan fingerprint density at radius 1 is 1.06 bits per heavy atom. The van der Waals surface area contributed by atoms with Crippen LogP contribution in [0.5, 0.6) is 0 Å². The molecule has 3 heterocycles. The molecule has 32 heavy (non-hydrogen) atoms. The lowest BCUT2D eigenvalue weighted by Crippen LogP contribution is -2.50. The SMILES string of the molecule is CC(=O)N1CCN(C(=O)c2oc3c(c2C)-c2nn(Cc4ccc(Cl)cc4)cc2CC3)CC1. The van der Waals surface area contributed by atoms with E-state index in [0.29, 0.717) is 43.5 Å². The van der Waals surface area contributed by atoms with Crippen LogP contribution in [0.25, 0.3) is 11.3 Å². The molecule has 0 N–H and O–H groups in total. The molecule has 0 bridgehead atoms. The Kier molecular flexibility index (Phi) is 5.29. The van der Waals surface area contributed by atoms with Gasteiger partial charge >= 0.3 is 0 Å². The third-order valence-corrected chi connectivity index (χ3v) is 6.63. The van der Waals surface area contributed by atoms with E-state index >= 15 is 0 Å². The smallest absolute Gasteiger partial charge is 0.289 e. The van der Waals surface area contributed by atoms with E-state index in [4.69, 9.17) is 21.1 Å². The molecule has 2 aliphatic rings. The molecule has 3 aromatic rings. The second-order valence-corrected chi connectivity index (χ2v) is 8.92. The molecule has 1 aliphatic carbocycles. The Morgan fingerprint density at radius 3 is 2.44 bits per heavy atom. The topological polar surface area (TPSA) is 71.6 Å². The molecule has 0 unspecified atom stereocenters. The normalized spacial score (nSPS) is 15.5. The number of amides is 2. The van der Waals surface area contributed by atoms with Crippen LogP contribution in [0.1, 0.15) is 39.9 Å². The van der Waals surface area contributed by atoms with Crippen LogP contribution in [0.4, 0.5) is 0 Å². The number of piperazine rings is 1. The van der Waals surface area contributed by atoms with Crippen molar-refractivity contribution in [1.29, 1.82) is 0 Å². The quantitative estimate of drug-likeness (QED) is 0.609. The van der Waals surface area contributed by atoms with E-state index in [2.05, 4.69) is 6.20 Å². The maximum Gasteiger partial charge on any atom is 0.289 e. The van der Waals surface area contributed by atoms with Crippen LogP contribution >= 0.6 is 11.6 Å². The van der Waals surface area contributed by atoms with Crippen LogP contribution in [0.15, 0.2) is 34.9 Å². The Labute approximate surface area is 191 Å². The fraction of sp³-hybridized carbons (Fsp3) is 0.375. The van der Waals surface area contributed by atoms with Gasteiger partial charge in [-0.3, -0.25) is 14.3 Å². The third-order valence-electron chi connectivity index (χ3n) is 6.38. The standard InChI is InChI=1S/C24H25ClN4O3/c1-15-21-20(32-23(15)24(31)28-11-9-27(10-12-28)16(2)30)8-5-18-14-29(26-22(18)21)13-17-3-6-19(25)7-4-17/h3-4,6-7,14H,5,8-13H2,1-2H3. The molecule has 166 valence electrons. The van der Waals surface area contributed by atoms with Crippen molar-refractivity contribution in [3.8, 4) is 11.3 Å².